The summed E-state index contributed by atoms with van der Waals surface area (Å²) >= 11 is 0. The largest absolute Gasteiger partial charge is 0.394 e. The first kappa shape index (κ1) is 8.04. The zero-order chi connectivity index (χ0) is 9.26. The molecular formula is C9H12N4. The molecule has 0 aromatic carbocycles. The number of rotatable bonds is 2. The fourth-order valence-electron chi connectivity index (χ4n) is 1.35. The summed E-state index contributed by atoms with van der Waals surface area (Å²) in [6.45, 7) is 2.14. The maximum absolute atomic E-state index is 5.65. The second-order valence-electron chi connectivity index (χ2n) is 3.08. The fourth-order valence-corrected chi connectivity index (χ4v) is 1.35. The Hall–Kier alpha value is -1.58. The van der Waals surface area contributed by atoms with E-state index in [9.17, 15) is 0 Å². The van der Waals surface area contributed by atoms with Gasteiger partial charge in [-0.25, -0.2) is 9.50 Å². The second kappa shape index (κ2) is 3.05. The Bertz CT molecular complexity index is 418. The lowest BCUT2D eigenvalue weighted by atomic mass is 10.2. The van der Waals surface area contributed by atoms with Crippen LogP contribution in [-0.2, 0) is 6.42 Å². The van der Waals surface area contributed by atoms with Crippen molar-refractivity contribution in [1.29, 1.82) is 0 Å². The van der Waals surface area contributed by atoms with Gasteiger partial charge in [-0.1, -0.05) is 13.3 Å². The molecule has 0 saturated carbocycles. The van der Waals surface area contributed by atoms with Gasteiger partial charge in [0.1, 0.15) is 0 Å². The molecule has 0 fully saturated rings. The van der Waals surface area contributed by atoms with Crippen molar-refractivity contribution in [3.05, 3.63) is 24.2 Å². The van der Waals surface area contributed by atoms with E-state index in [1.165, 1.54) is 5.56 Å². The summed E-state index contributed by atoms with van der Waals surface area (Å²) < 4.78 is 1.72. The van der Waals surface area contributed by atoms with Gasteiger partial charge in [-0.2, -0.15) is 5.10 Å². The van der Waals surface area contributed by atoms with E-state index in [2.05, 4.69) is 17.0 Å². The molecule has 0 atom stereocenters. The Morgan fingerprint density at radius 3 is 3.08 bits per heavy atom. The van der Waals surface area contributed by atoms with Crippen molar-refractivity contribution in [3.63, 3.8) is 0 Å². The minimum atomic E-state index is 0.628. The first-order valence-corrected chi connectivity index (χ1v) is 4.39. The average Bonchev–Trinajstić information content (AvgIpc) is 2.48. The summed E-state index contributed by atoms with van der Waals surface area (Å²) in [5.41, 5.74) is 8.21. The lowest BCUT2D eigenvalue weighted by Gasteiger charge is -1.98. The summed E-state index contributed by atoms with van der Waals surface area (Å²) in [7, 11) is 0. The number of hydrogen-bond acceptors (Lipinski definition) is 3. The number of nitrogens with zero attached hydrogens (tertiary/aromatic N) is 3. The van der Waals surface area contributed by atoms with E-state index in [1.807, 2.05) is 12.4 Å². The number of aryl methyl sites for hydroxylation is 1. The zero-order valence-corrected chi connectivity index (χ0v) is 7.57. The van der Waals surface area contributed by atoms with E-state index in [0.717, 1.165) is 18.5 Å². The quantitative estimate of drug-likeness (QED) is 0.749. The Balaban J connectivity index is 2.50. The molecule has 13 heavy (non-hydrogen) atoms. The molecule has 0 spiro atoms. The zero-order valence-electron chi connectivity index (χ0n) is 7.57. The van der Waals surface area contributed by atoms with Gasteiger partial charge in [0, 0.05) is 12.4 Å². The van der Waals surface area contributed by atoms with Gasteiger partial charge in [0.15, 0.2) is 5.65 Å². The van der Waals surface area contributed by atoms with E-state index in [4.69, 9.17) is 5.73 Å². The molecular weight excluding hydrogens is 164 g/mol. The Morgan fingerprint density at radius 2 is 2.31 bits per heavy atom. The van der Waals surface area contributed by atoms with Gasteiger partial charge in [-0.3, -0.25) is 0 Å². The summed E-state index contributed by atoms with van der Waals surface area (Å²) in [4.78, 5) is 4.23. The molecule has 4 heteroatoms. The van der Waals surface area contributed by atoms with Crippen LogP contribution in [0.1, 0.15) is 18.9 Å². The highest BCUT2D eigenvalue weighted by Gasteiger charge is 2.01. The number of nitrogens with two attached hydrogens (primary N) is 1. The van der Waals surface area contributed by atoms with Gasteiger partial charge in [0.2, 0.25) is 0 Å². The van der Waals surface area contributed by atoms with Gasteiger partial charge in [-0.05, 0) is 12.0 Å². The van der Waals surface area contributed by atoms with Crippen LogP contribution in [-0.4, -0.2) is 14.6 Å². The van der Waals surface area contributed by atoms with Crippen LogP contribution in [0.15, 0.2) is 18.6 Å². The van der Waals surface area contributed by atoms with Crippen molar-refractivity contribution in [2.45, 2.75) is 19.8 Å². The molecule has 0 saturated heterocycles. The molecule has 0 aliphatic rings. The number of fused-ring (bicyclic) bond motifs is 1. The first-order chi connectivity index (χ1) is 6.31. The van der Waals surface area contributed by atoms with Crippen molar-refractivity contribution in [2.75, 3.05) is 5.73 Å². The van der Waals surface area contributed by atoms with Gasteiger partial charge in [0.25, 0.3) is 0 Å². The van der Waals surface area contributed by atoms with Crippen LogP contribution in [0.4, 0.5) is 5.69 Å². The fraction of sp³-hybridized carbons (Fsp3) is 0.333. The first-order valence-electron chi connectivity index (χ1n) is 4.39. The van der Waals surface area contributed by atoms with Crippen LogP contribution < -0.4 is 5.73 Å². The van der Waals surface area contributed by atoms with E-state index in [0.29, 0.717) is 5.69 Å². The number of aromatic nitrogens is 3. The van der Waals surface area contributed by atoms with E-state index in [1.54, 1.807) is 10.7 Å². The minimum Gasteiger partial charge on any atom is -0.394 e. The SMILES string of the molecule is CCCc1cnc2c(N)cnn2c1. The van der Waals surface area contributed by atoms with Crippen LogP contribution in [0.3, 0.4) is 0 Å². The van der Waals surface area contributed by atoms with Crippen molar-refractivity contribution < 1.29 is 0 Å². The second-order valence-corrected chi connectivity index (χ2v) is 3.08. The highest BCUT2D eigenvalue weighted by atomic mass is 15.2. The Labute approximate surface area is 76.4 Å². The number of nitrogen functional groups attached to an aromatic ring is 1. The van der Waals surface area contributed by atoms with Crippen LogP contribution in [0.2, 0.25) is 0 Å². The molecule has 2 aromatic heterocycles. The third-order valence-corrected chi connectivity index (χ3v) is 1.98. The molecule has 68 valence electrons. The predicted molar refractivity (Wildman–Crippen MR) is 51.4 cm³/mol. The molecule has 0 aliphatic carbocycles. The number of anilines is 1. The molecule has 2 N–H and O–H groups in total. The highest BCUT2D eigenvalue weighted by Crippen LogP contribution is 2.10. The molecule has 0 amide bonds. The lowest BCUT2D eigenvalue weighted by molar-refractivity contribution is 0.864. The van der Waals surface area contributed by atoms with Crippen molar-refractivity contribution >= 4 is 11.3 Å². The van der Waals surface area contributed by atoms with E-state index < -0.39 is 0 Å². The van der Waals surface area contributed by atoms with Gasteiger partial charge in [0.05, 0.1) is 11.9 Å². The van der Waals surface area contributed by atoms with Gasteiger partial charge >= 0.3 is 0 Å². The predicted octanol–water partition coefficient (Wildman–Crippen LogP) is 1.26. The topological polar surface area (TPSA) is 56.2 Å². The molecule has 0 radical (unpaired) electrons. The summed E-state index contributed by atoms with van der Waals surface area (Å²) in [5, 5.41) is 4.09. The highest BCUT2D eigenvalue weighted by molar-refractivity contribution is 5.62. The van der Waals surface area contributed by atoms with E-state index >= 15 is 0 Å². The van der Waals surface area contributed by atoms with Crippen molar-refractivity contribution in [3.8, 4) is 0 Å². The Kier molecular flexibility index (Phi) is 1.88. The maximum Gasteiger partial charge on any atom is 0.178 e. The van der Waals surface area contributed by atoms with Crippen LogP contribution >= 0.6 is 0 Å². The van der Waals surface area contributed by atoms with Crippen LogP contribution in [0.5, 0.6) is 0 Å². The normalized spacial score (nSPS) is 10.8. The molecule has 2 heterocycles. The molecule has 4 nitrogen and oxygen atoms in total. The summed E-state index contributed by atoms with van der Waals surface area (Å²) in [6.07, 6.45) is 7.60. The maximum atomic E-state index is 5.65. The van der Waals surface area contributed by atoms with Crippen LogP contribution in [0, 0.1) is 0 Å². The molecule has 2 rings (SSSR count). The van der Waals surface area contributed by atoms with Gasteiger partial charge < -0.3 is 5.73 Å². The summed E-state index contributed by atoms with van der Waals surface area (Å²) in [6, 6.07) is 0. The number of hydrogen-bond donors (Lipinski definition) is 1. The third-order valence-electron chi connectivity index (χ3n) is 1.98. The monoisotopic (exact) mass is 176 g/mol. The smallest absolute Gasteiger partial charge is 0.178 e. The molecule has 0 aliphatic heterocycles. The third kappa shape index (κ3) is 1.35. The van der Waals surface area contributed by atoms with Crippen molar-refractivity contribution in [2.24, 2.45) is 0 Å². The van der Waals surface area contributed by atoms with Crippen molar-refractivity contribution in [1.82, 2.24) is 14.6 Å². The summed E-state index contributed by atoms with van der Waals surface area (Å²) in [5.74, 6) is 0. The minimum absolute atomic E-state index is 0.628. The molecule has 0 unspecified atom stereocenters. The van der Waals surface area contributed by atoms with Gasteiger partial charge in [-0.15, -0.1) is 0 Å². The Morgan fingerprint density at radius 1 is 1.46 bits per heavy atom. The van der Waals surface area contributed by atoms with E-state index in [-0.39, 0.29) is 0 Å². The van der Waals surface area contributed by atoms with Crippen LogP contribution in [0.25, 0.3) is 5.65 Å². The molecule has 0 bridgehead atoms. The molecule has 2 aromatic rings. The lowest BCUT2D eigenvalue weighted by Crippen LogP contribution is -1.95. The average molecular weight is 176 g/mol. The standard InChI is InChI=1S/C9H12N4/c1-2-3-7-4-11-9-8(10)5-12-13(9)6-7/h4-6H,2-3,10H2,1H3.